The second kappa shape index (κ2) is 5.87. The van der Waals surface area contributed by atoms with Crippen LogP contribution in [0.2, 0.25) is 0 Å². The van der Waals surface area contributed by atoms with Crippen molar-refractivity contribution in [3.8, 4) is 0 Å². The summed E-state index contributed by atoms with van der Waals surface area (Å²) in [4.78, 5) is 4.32. The van der Waals surface area contributed by atoms with Crippen molar-refractivity contribution in [2.75, 3.05) is 12.3 Å². The monoisotopic (exact) mass is 286 g/mol. The van der Waals surface area contributed by atoms with Crippen LogP contribution >= 0.6 is 27.7 Å². The molecular formula is C11H15BrN2S. The second-order valence-corrected chi connectivity index (χ2v) is 5.66. The molecule has 1 aromatic rings. The van der Waals surface area contributed by atoms with Gasteiger partial charge in [0, 0.05) is 22.5 Å². The lowest BCUT2D eigenvalue weighted by atomic mass is 10.5. The summed E-state index contributed by atoms with van der Waals surface area (Å²) >= 11 is 5.32. The molecule has 0 saturated heterocycles. The van der Waals surface area contributed by atoms with Gasteiger partial charge in [-0.2, -0.15) is 0 Å². The fraction of sp³-hybridized carbons (Fsp3) is 0.545. The van der Waals surface area contributed by atoms with E-state index in [4.69, 9.17) is 0 Å². The summed E-state index contributed by atoms with van der Waals surface area (Å²) < 4.78 is 1.10. The Balaban J connectivity index is 1.62. The summed E-state index contributed by atoms with van der Waals surface area (Å²) in [6.07, 6.45) is 5.80. The first-order valence-corrected chi connectivity index (χ1v) is 7.11. The number of pyridine rings is 1. The number of thioether (sulfide) groups is 1. The molecule has 1 heterocycles. The largest absolute Gasteiger partial charge is 0.314 e. The Labute approximate surface area is 103 Å². The zero-order valence-corrected chi connectivity index (χ0v) is 11.0. The predicted octanol–water partition coefficient (Wildman–Crippen LogP) is 3.08. The van der Waals surface area contributed by atoms with Gasteiger partial charge in [0.25, 0.3) is 0 Å². The third kappa shape index (κ3) is 4.13. The highest BCUT2D eigenvalue weighted by Gasteiger charge is 2.19. The van der Waals surface area contributed by atoms with Crippen molar-refractivity contribution in [3.63, 3.8) is 0 Å². The molecule has 82 valence electrons. The first-order chi connectivity index (χ1) is 7.36. The molecule has 0 aromatic carbocycles. The molecular weight excluding hydrogens is 272 g/mol. The van der Waals surface area contributed by atoms with E-state index in [1.807, 2.05) is 30.1 Å². The van der Waals surface area contributed by atoms with Crippen LogP contribution in [0.15, 0.2) is 27.8 Å². The molecule has 4 heteroatoms. The van der Waals surface area contributed by atoms with Crippen molar-refractivity contribution in [2.45, 2.75) is 30.3 Å². The minimum atomic E-state index is 0.830. The van der Waals surface area contributed by atoms with Gasteiger partial charge in [-0.25, -0.2) is 4.98 Å². The van der Waals surface area contributed by atoms with Gasteiger partial charge in [0.05, 0.1) is 0 Å². The van der Waals surface area contributed by atoms with Crippen LogP contribution in [-0.2, 0) is 0 Å². The minimum absolute atomic E-state index is 0.830. The smallest absolute Gasteiger partial charge is 0.110 e. The average Bonchev–Trinajstić information content (AvgIpc) is 3.04. The van der Waals surface area contributed by atoms with Gasteiger partial charge in [0.15, 0.2) is 0 Å². The third-order valence-electron chi connectivity index (χ3n) is 2.29. The molecule has 0 radical (unpaired) electrons. The molecule has 15 heavy (non-hydrogen) atoms. The van der Waals surface area contributed by atoms with E-state index in [1.54, 1.807) is 0 Å². The van der Waals surface area contributed by atoms with E-state index in [2.05, 4.69) is 26.2 Å². The highest BCUT2D eigenvalue weighted by atomic mass is 79.9. The van der Waals surface area contributed by atoms with E-state index >= 15 is 0 Å². The van der Waals surface area contributed by atoms with E-state index in [-0.39, 0.29) is 0 Å². The van der Waals surface area contributed by atoms with Gasteiger partial charge in [-0.3, -0.25) is 0 Å². The van der Waals surface area contributed by atoms with Crippen molar-refractivity contribution >= 4 is 27.7 Å². The van der Waals surface area contributed by atoms with Crippen LogP contribution in [0.3, 0.4) is 0 Å². The van der Waals surface area contributed by atoms with E-state index < -0.39 is 0 Å². The molecule has 0 unspecified atom stereocenters. The van der Waals surface area contributed by atoms with Gasteiger partial charge in [-0.1, -0.05) is 0 Å². The Morgan fingerprint density at radius 1 is 1.53 bits per heavy atom. The van der Waals surface area contributed by atoms with Gasteiger partial charge in [0.1, 0.15) is 5.03 Å². The zero-order valence-electron chi connectivity index (χ0n) is 8.58. The van der Waals surface area contributed by atoms with Crippen molar-refractivity contribution in [2.24, 2.45) is 0 Å². The van der Waals surface area contributed by atoms with Crippen LogP contribution in [0.4, 0.5) is 0 Å². The molecule has 0 atom stereocenters. The van der Waals surface area contributed by atoms with Gasteiger partial charge in [-0.05, 0) is 53.9 Å². The third-order valence-corrected chi connectivity index (χ3v) is 4.29. The minimum Gasteiger partial charge on any atom is -0.314 e. The van der Waals surface area contributed by atoms with E-state index in [0.29, 0.717) is 0 Å². The van der Waals surface area contributed by atoms with Gasteiger partial charge in [-0.15, -0.1) is 11.8 Å². The summed E-state index contributed by atoms with van der Waals surface area (Å²) in [5.41, 5.74) is 0. The van der Waals surface area contributed by atoms with Crippen molar-refractivity contribution in [3.05, 3.63) is 22.8 Å². The van der Waals surface area contributed by atoms with Crippen LogP contribution < -0.4 is 5.32 Å². The predicted molar refractivity (Wildman–Crippen MR) is 68.3 cm³/mol. The van der Waals surface area contributed by atoms with Crippen LogP contribution in [0.25, 0.3) is 0 Å². The second-order valence-electron chi connectivity index (χ2n) is 3.72. The van der Waals surface area contributed by atoms with Crippen LogP contribution in [0.1, 0.15) is 19.3 Å². The van der Waals surface area contributed by atoms with Crippen molar-refractivity contribution in [1.29, 1.82) is 0 Å². The Bertz CT molecular complexity index is 315. The molecule has 1 aliphatic carbocycles. The number of nitrogens with one attached hydrogen (secondary N) is 1. The maximum Gasteiger partial charge on any atom is 0.110 e. The summed E-state index contributed by atoms with van der Waals surface area (Å²) in [7, 11) is 0. The summed E-state index contributed by atoms with van der Waals surface area (Å²) in [5, 5.41) is 4.61. The molecule has 2 rings (SSSR count). The van der Waals surface area contributed by atoms with Crippen molar-refractivity contribution in [1.82, 2.24) is 10.3 Å². The SMILES string of the molecule is Brc1cccnc1SCCCNC1CC1. The first kappa shape index (κ1) is 11.4. The molecule has 1 N–H and O–H groups in total. The highest BCUT2D eigenvalue weighted by molar-refractivity contribution is 9.10. The molecule has 2 nitrogen and oxygen atoms in total. The maximum absolute atomic E-state index is 4.32. The normalized spacial score (nSPS) is 15.5. The first-order valence-electron chi connectivity index (χ1n) is 5.33. The highest BCUT2D eigenvalue weighted by Crippen LogP contribution is 2.25. The number of aromatic nitrogens is 1. The average molecular weight is 287 g/mol. The van der Waals surface area contributed by atoms with Gasteiger partial charge < -0.3 is 5.32 Å². The zero-order chi connectivity index (χ0) is 10.5. The number of rotatable bonds is 6. The molecule has 0 aliphatic heterocycles. The maximum atomic E-state index is 4.32. The Kier molecular flexibility index (Phi) is 4.47. The Morgan fingerprint density at radius 3 is 3.13 bits per heavy atom. The number of nitrogens with zero attached hydrogens (tertiary/aromatic N) is 1. The molecule has 0 bridgehead atoms. The molecule has 1 aromatic heterocycles. The van der Waals surface area contributed by atoms with Crippen LogP contribution in [0, 0.1) is 0 Å². The number of halogens is 1. The van der Waals surface area contributed by atoms with E-state index in [0.717, 1.165) is 27.8 Å². The lowest BCUT2D eigenvalue weighted by Gasteiger charge is -2.03. The lowest BCUT2D eigenvalue weighted by Crippen LogP contribution is -2.17. The lowest BCUT2D eigenvalue weighted by molar-refractivity contribution is 0.674. The number of hydrogen-bond donors (Lipinski definition) is 1. The fourth-order valence-electron chi connectivity index (χ4n) is 1.31. The molecule has 1 fully saturated rings. The van der Waals surface area contributed by atoms with E-state index in [9.17, 15) is 0 Å². The summed E-state index contributed by atoms with van der Waals surface area (Å²) in [6.45, 7) is 1.14. The molecule has 1 aliphatic rings. The van der Waals surface area contributed by atoms with E-state index in [1.165, 1.54) is 19.3 Å². The molecule has 0 spiro atoms. The van der Waals surface area contributed by atoms with Crippen LogP contribution in [0.5, 0.6) is 0 Å². The van der Waals surface area contributed by atoms with Crippen molar-refractivity contribution < 1.29 is 0 Å². The molecule has 1 saturated carbocycles. The Morgan fingerprint density at radius 2 is 2.40 bits per heavy atom. The van der Waals surface area contributed by atoms with Crippen LogP contribution in [-0.4, -0.2) is 23.3 Å². The van der Waals surface area contributed by atoms with Gasteiger partial charge >= 0.3 is 0 Å². The fourth-order valence-corrected chi connectivity index (χ4v) is 2.73. The summed E-state index contributed by atoms with van der Waals surface area (Å²) in [5.74, 6) is 1.13. The Hall–Kier alpha value is -0.0600. The topological polar surface area (TPSA) is 24.9 Å². The molecule has 0 amide bonds. The summed E-state index contributed by atoms with van der Waals surface area (Å²) in [6, 6.07) is 4.82. The van der Waals surface area contributed by atoms with Gasteiger partial charge in [0.2, 0.25) is 0 Å². The number of hydrogen-bond acceptors (Lipinski definition) is 3. The quantitative estimate of drug-likeness (QED) is 0.643. The standard InChI is InChI=1S/C11H15BrN2S/c12-10-3-1-6-14-11(10)15-8-2-7-13-9-4-5-9/h1,3,6,9,13H,2,4-5,7-8H2.